The molecule has 37 heavy (non-hydrogen) atoms. The van der Waals surface area contributed by atoms with Crippen molar-refractivity contribution in [2.24, 2.45) is 0 Å². The number of nitrogens with zero attached hydrogens (tertiary/aromatic N) is 3. The van der Waals surface area contributed by atoms with Gasteiger partial charge in [-0.15, -0.1) is 0 Å². The number of ether oxygens (including phenoxy) is 1. The van der Waals surface area contributed by atoms with Gasteiger partial charge in [0, 0.05) is 31.1 Å². The van der Waals surface area contributed by atoms with Gasteiger partial charge in [-0.25, -0.2) is 4.39 Å². The molecule has 2 N–H and O–H groups in total. The second-order valence-corrected chi connectivity index (χ2v) is 10.4. The highest BCUT2D eigenvalue weighted by atomic mass is 32.1. The number of halogens is 1. The fraction of sp³-hybridized carbons (Fsp3) is 0.414. The molecule has 194 valence electrons. The standard InChI is InChI=1S/C29H34FN5OS/c30-23-14-12-22(13-15-23)29(16-6-7-17-29)21-31-28(37)34-27-32-25(35-18-8-1-2-9-19-35)20-26(33-27)36-24-10-4-3-5-11-24/h3-5,10-15,20H,1-2,6-9,16-19,21H2,(H2,31,32,33,34,37). The van der Waals surface area contributed by atoms with Crippen LogP contribution in [-0.2, 0) is 5.41 Å². The van der Waals surface area contributed by atoms with Crippen LogP contribution < -0.4 is 20.3 Å². The molecule has 3 aromatic rings. The summed E-state index contributed by atoms with van der Waals surface area (Å²) in [6.45, 7) is 2.60. The summed E-state index contributed by atoms with van der Waals surface area (Å²) in [5.41, 5.74) is 1.09. The number of anilines is 2. The van der Waals surface area contributed by atoms with Gasteiger partial charge in [0.25, 0.3) is 0 Å². The van der Waals surface area contributed by atoms with Gasteiger partial charge in [-0.3, -0.25) is 0 Å². The molecule has 1 saturated heterocycles. The second kappa shape index (κ2) is 11.9. The fourth-order valence-electron chi connectivity index (χ4n) is 5.41. The molecule has 1 saturated carbocycles. The average molecular weight is 520 g/mol. The lowest BCUT2D eigenvalue weighted by Crippen LogP contribution is -2.41. The first-order valence-electron chi connectivity index (χ1n) is 13.3. The van der Waals surface area contributed by atoms with Gasteiger partial charge in [-0.1, -0.05) is 56.0 Å². The Hall–Kier alpha value is -3.26. The highest BCUT2D eigenvalue weighted by molar-refractivity contribution is 7.80. The zero-order chi connectivity index (χ0) is 25.5. The Morgan fingerprint density at radius 3 is 2.32 bits per heavy atom. The Morgan fingerprint density at radius 2 is 1.62 bits per heavy atom. The van der Waals surface area contributed by atoms with E-state index in [0.29, 0.717) is 23.5 Å². The molecule has 0 unspecified atom stereocenters. The lowest BCUT2D eigenvalue weighted by Gasteiger charge is -2.30. The molecule has 0 spiro atoms. The van der Waals surface area contributed by atoms with Gasteiger partial charge < -0.3 is 20.3 Å². The maximum Gasteiger partial charge on any atom is 0.234 e. The zero-order valence-corrected chi connectivity index (χ0v) is 21.9. The summed E-state index contributed by atoms with van der Waals surface area (Å²) in [5.74, 6) is 2.23. The first kappa shape index (κ1) is 25.4. The van der Waals surface area contributed by atoms with E-state index < -0.39 is 0 Å². The van der Waals surface area contributed by atoms with Gasteiger partial charge in [0.15, 0.2) is 5.11 Å². The van der Waals surface area contributed by atoms with Crippen molar-refractivity contribution in [2.75, 3.05) is 29.9 Å². The van der Waals surface area contributed by atoms with Crippen molar-refractivity contribution in [3.8, 4) is 11.6 Å². The molecular weight excluding hydrogens is 485 g/mol. The number of hydrogen-bond acceptors (Lipinski definition) is 5. The van der Waals surface area contributed by atoms with E-state index in [9.17, 15) is 4.39 Å². The molecule has 8 heteroatoms. The highest BCUT2D eigenvalue weighted by Gasteiger charge is 2.35. The van der Waals surface area contributed by atoms with Crippen LogP contribution in [0.3, 0.4) is 0 Å². The Labute approximate surface area is 223 Å². The van der Waals surface area contributed by atoms with Crippen molar-refractivity contribution in [1.82, 2.24) is 15.3 Å². The normalized spacial score (nSPS) is 17.2. The highest BCUT2D eigenvalue weighted by Crippen LogP contribution is 2.40. The van der Waals surface area contributed by atoms with E-state index in [1.165, 1.54) is 12.8 Å². The third-order valence-electron chi connectivity index (χ3n) is 7.41. The predicted octanol–water partition coefficient (Wildman–Crippen LogP) is 6.59. The molecule has 0 radical (unpaired) electrons. The van der Waals surface area contributed by atoms with Crippen molar-refractivity contribution in [3.63, 3.8) is 0 Å². The number of rotatable bonds is 7. The number of para-hydroxylation sites is 1. The molecule has 1 aliphatic heterocycles. The zero-order valence-electron chi connectivity index (χ0n) is 21.1. The summed E-state index contributed by atoms with van der Waals surface area (Å²) >= 11 is 5.67. The van der Waals surface area contributed by atoms with Crippen LogP contribution in [0.4, 0.5) is 16.2 Å². The molecule has 6 nitrogen and oxygen atoms in total. The van der Waals surface area contributed by atoms with Gasteiger partial charge in [-0.2, -0.15) is 9.97 Å². The maximum absolute atomic E-state index is 13.5. The summed E-state index contributed by atoms with van der Waals surface area (Å²) in [5, 5.41) is 7.06. The third-order valence-corrected chi connectivity index (χ3v) is 7.66. The van der Waals surface area contributed by atoms with Gasteiger partial charge in [0.2, 0.25) is 11.8 Å². The minimum Gasteiger partial charge on any atom is -0.439 e. The van der Waals surface area contributed by atoms with E-state index in [4.69, 9.17) is 21.9 Å². The summed E-state index contributed by atoms with van der Waals surface area (Å²) in [4.78, 5) is 11.7. The van der Waals surface area contributed by atoms with E-state index in [0.717, 1.165) is 68.7 Å². The quantitative estimate of drug-likeness (QED) is 0.342. The number of benzene rings is 2. The third kappa shape index (κ3) is 6.55. The van der Waals surface area contributed by atoms with Crippen molar-refractivity contribution in [2.45, 2.75) is 56.8 Å². The van der Waals surface area contributed by atoms with Crippen LogP contribution in [0.2, 0.25) is 0 Å². The van der Waals surface area contributed by atoms with Gasteiger partial charge >= 0.3 is 0 Å². The Morgan fingerprint density at radius 1 is 0.919 bits per heavy atom. The van der Waals surface area contributed by atoms with E-state index >= 15 is 0 Å². The SMILES string of the molecule is Fc1ccc(C2(CNC(=S)Nc3nc(Oc4ccccc4)cc(N4CCCCCC4)n3)CCCC2)cc1. The topological polar surface area (TPSA) is 62.3 Å². The molecule has 2 aliphatic rings. The number of nitrogens with one attached hydrogen (secondary N) is 2. The first-order chi connectivity index (χ1) is 18.1. The predicted molar refractivity (Wildman–Crippen MR) is 150 cm³/mol. The number of thiocarbonyl (C=S) groups is 1. The van der Waals surface area contributed by atoms with Crippen LogP contribution in [0.5, 0.6) is 11.6 Å². The Kier molecular flexibility index (Phi) is 8.14. The molecule has 2 aromatic carbocycles. The first-order valence-corrected chi connectivity index (χ1v) is 13.7. The fourth-order valence-corrected chi connectivity index (χ4v) is 5.57. The summed E-state index contributed by atoms with van der Waals surface area (Å²) in [6, 6.07) is 18.4. The lowest BCUT2D eigenvalue weighted by molar-refractivity contribution is 0.434. The molecule has 1 aliphatic carbocycles. The van der Waals surface area contributed by atoms with Crippen LogP contribution in [0.15, 0.2) is 60.7 Å². The monoisotopic (exact) mass is 519 g/mol. The number of hydrogen-bond donors (Lipinski definition) is 2. The summed E-state index contributed by atoms with van der Waals surface area (Å²) in [7, 11) is 0. The van der Waals surface area contributed by atoms with Crippen molar-refractivity contribution < 1.29 is 9.13 Å². The molecule has 1 aromatic heterocycles. The molecular formula is C29H34FN5OS. The Balaban J connectivity index is 1.32. The minimum absolute atomic E-state index is 0.0597. The average Bonchev–Trinajstić information content (AvgIpc) is 3.22. The molecule has 0 amide bonds. The maximum atomic E-state index is 13.5. The van der Waals surface area contributed by atoms with Crippen molar-refractivity contribution in [1.29, 1.82) is 0 Å². The van der Waals surface area contributed by atoms with Crippen LogP contribution >= 0.6 is 12.2 Å². The van der Waals surface area contributed by atoms with Gasteiger partial charge in [0.1, 0.15) is 17.4 Å². The molecule has 5 rings (SSSR count). The van der Waals surface area contributed by atoms with E-state index in [-0.39, 0.29) is 11.2 Å². The van der Waals surface area contributed by atoms with Crippen LogP contribution in [0.25, 0.3) is 0 Å². The summed E-state index contributed by atoms with van der Waals surface area (Å²) < 4.78 is 19.6. The van der Waals surface area contributed by atoms with Crippen LogP contribution in [0, 0.1) is 5.82 Å². The minimum atomic E-state index is -0.211. The Bertz CT molecular complexity index is 1180. The van der Waals surface area contributed by atoms with Gasteiger partial charge in [0.05, 0.1) is 0 Å². The summed E-state index contributed by atoms with van der Waals surface area (Å²) in [6.07, 6.45) is 9.17. The molecule has 0 bridgehead atoms. The molecule has 0 atom stereocenters. The van der Waals surface area contributed by atoms with E-state index in [1.54, 1.807) is 12.1 Å². The smallest absolute Gasteiger partial charge is 0.234 e. The lowest BCUT2D eigenvalue weighted by atomic mass is 9.79. The van der Waals surface area contributed by atoms with E-state index in [1.807, 2.05) is 48.5 Å². The second-order valence-electron chi connectivity index (χ2n) is 10.0. The van der Waals surface area contributed by atoms with Crippen molar-refractivity contribution >= 4 is 29.1 Å². The van der Waals surface area contributed by atoms with Crippen LogP contribution in [0.1, 0.15) is 56.9 Å². The van der Waals surface area contributed by atoms with Gasteiger partial charge in [-0.05, 0) is 67.7 Å². The molecule has 2 fully saturated rings. The number of aromatic nitrogens is 2. The molecule has 2 heterocycles. The van der Waals surface area contributed by atoms with Crippen LogP contribution in [-0.4, -0.2) is 34.7 Å². The largest absolute Gasteiger partial charge is 0.439 e. The van der Waals surface area contributed by atoms with Crippen molar-refractivity contribution in [3.05, 3.63) is 72.0 Å². The van der Waals surface area contributed by atoms with E-state index in [2.05, 4.69) is 20.5 Å².